The normalized spacial score (nSPS) is 28.8. The van der Waals surface area contributed by atoms with Crippen LogP contribution in [-0.2, 0) is 0 Å². The summed E-state index contributed by atoms with van der Waals surface area (Å²) in [5.41, 5.74) is 0.474. The van der Waals surface area contributed by atoms with Gasteiger partial charge in [0.05, 0.1) is 6.67 Å². The molecule has 1 saturated heterocycles. The largest absolute Gasteiger partial charge is 0.293 e. The summed E-state index contributed by atoms with van der Waals surface area (Å²) in [5, 5.41) is 0. The van der Waals surface area contributed by atoms with Gasteiger partial charge in [0, 0.05) is 13.1 Å². The molecule has 0 radical (unpaired) electrons. The monoisotopic (exact) mass is 142 g/mol. The highest BCUT2D eigenvalue weighted by Crippen LogP contribution is 2.21. The zero-order valence-corrected chi connectivity index (χ0v) is 7.52. The minimum Gasteiger partial charge on any atom is -0.293 e. The molecular formula is C8H18N2. The molecule has 0 aromatic rings. The van der Waals surface area contributed by atoms with Crippen molar-refractivity contribution in [3.63, 3.8) is 0 Å². The van der Waals surface area contributed by atoms with E-state index >= 15 is 0 Å². The molecule has 1 fully saturated rings. The van der Waals surface area contributed by atoms with E-state index in [-0.39, 0.29) is 0 Å². The molecule has 2 nitrogen and oxygen atoms in total. The van der Waals surface area contributed by atoms with Crippen LogP contribution in [0.3, 0.4) is 0 Å². The van der Waals surface area contributed by atoms with Gasteiger partial charge in [-0.1, -0.05) is 13.8 Å². The average Bonchev–Trinajstić information content (AvgIpc) is 1.54. The molecule has 0 atom stereocenters. The minimum absolute atomic E-state index is 0.474. The maximum Gasteiger partial charge on any atom is 0.0500 e. The molecule has 10 heavy (non-hydrogen) atoms. The summed E-state index contributed by atoms with van der Waals surface area (Å²) in [7, 11) is 4.36. The van der Waals surface area contributed by atoms with Gasteiger partial charge in [-0.05, 0) is 19.5 Å². The smallest absolute Gasteiger partial charge is 0.0500 e. The van der Waals surface area contributed by atoms with E-state index < -0.39 is 0 Å². The zero-order valence-electron chi connectivity index (χ0n) is 7.52. The highest BCUT2D eigenvalue weighted by atomic mass is 15.3. The number of hydrogen-bond acceptors (Lipinski definition) is 2. The summed E-state index contributed by atoms with van der Waals surface area (Å²) in [5.74, 6) is 0. The van der Waals surface area contributed by atoms with Crippen molar-refractivity contribution in [3.8, 4) is 0 Å². The van der Waals surface area contributed by atoms with Crippen LogP contribution >= 0.6 is 0 Å². The fourth-order valence-corrected chi connectivity index (χ4v) is 2.02. The summed E-state index contributed by atoms with van der Waals surface area (Å²) < 4.78 is 0. The predicted molar refractivity (Wildman–Crippen MR) is 43.9 cm³/mol. The maximum atomic E-state index is 2.36. The van der Waals surface area contributed by atoms with Gasteiger partial charge in [-0.15, -0.1) is 0 Å². The lowest BCUT2D eigenvalue weighted by atomic mass is 9.91. The van der Waals surface area contributed by atoms with Gasteiger partial charge in [0.15, 0.2) is 0 Å². The van der Waals surface area contributed by atoms with Gasteiger partial charge in [0.1, 0.15) is 0 Å². The van der Waals surface area contributed by atoms with Gasteiger partial charge in [-0.2, -0.15) is 0 Å². The van der Waals surface area contributed by atoms with Crippen LogP contribution in [0.2, 0.25) is 0 Å². The summed E-state index contributed by atoms with van der Waals surface area (Å²) in [6, 6.07) is 0. The summed E-state index contributed by atoms with van der Waals surface area (Å²) in [6.45, 7) is 8.19. The van der Waals surface area contributed by atoms with Crippen molar-refractivity contribution in [1.29, 1.82) is 0 Å². The number of nitrogens with zero attached hydrogens (tertiary/aromatic N) is 2. The first-order chi connectivity index (χ1) is 4.49. The van der Waals surface area contributed by atoms with E-state index in [9.17, 15) is 0 Å². The highest BCUT2D eigenvalue weighted by molar-refractivity contribution is 4.79. The molecule has 1 rings (SSSR count). The van der Waals surface area contributed by atoms with Crippen LogP contribution in [0.25, 0.3) is 0 Å². The molecule has 0 aromatic carbocycles. The Morgan fingerprint density at radius 3 is 1.70 bits per heavy atom. The number of hydrogen-bond donors (Lipinski definition) is 0. The molecule has 0 unspecified atom stereocenters. The van der Waals surface area contributed by atoms with Crippen LogP contribution in [0.5, 0.6) is 0 Å². The molecule has 2 heteroatoms. The molecule has 0 saturated carbocycles. The third kappa shape index (κ3) is 1.96. The van der Waals surface area contributed by atoms with Gasteiger partial charge in [-0.25, -0.2) is 0 Å². The minimum atomic E-state index is 0.474. The van der Waals surface area contributed by atoms with Crippen molar-refractivity contribution >= 4 is 0 Å². The Kier molecular flexibility index (Phi) is 2.02. The van der Waals surface area contributed by atoms with Gasteiger partial charge in [-0.3, -0.25) is 9.80 Å². The second-order valence-electron chi connectivity index (χ2n) is 4.33. The summed E-state index contributed by atoms with van der Waals surface area (Å²) in [6.07, 6.45) is 0. The lowest BCUT2D eigenvalue weighted by Gasteiger charge is -2.41. The van der Waals surface area contributed by atoms with E-state index in [4.69, 9.17) is 0 Å². The molecule has 60 valence electrons. The standard InChI is InChI=1S/C8H18N2/c1-8(2)5-9(3)7-10(4)6-8/h5-7H2,1-4H3. The molecule has 0 N–H and O–H groups in total. The third-order valence-corrected chi connectivity index (χ3v) is 1.88. The van der Waals surface area contributed by atoms with Crippen molar-refractivity contribution in [2.45, 2.75) is 13.8 Å². The first-order valence-corrected chi connectivity index (χ1v) is 3.87. The predicted octanol–water partition coefficient (Wildman–Crippen LogP) is 0.847. The molecule has 1 aliphatic rings. The van der Waals surface area contributed by atoms with Crippen molar-refractivity contribution in [1.82, 2.24) is 9.80 Å². The molecule has 1 aliphatic heterocycles. The quantitative estimate of drug-likeness (QED) is 0.494. The molecule has 0 bridgehead atoms. The third-order valence-electron chi connectivity index (χ3n) is 1.88. The van der Waals surface area contributed by atoms with E-state index in [2.05, 4.69) is 37.7 Å². The molecule has 0 amide bonds. The molecule has 0 spiro atoms. The Bertz CT molecular complexity index is 108. The Morgan fingerprint density at radius 1 is 1.00 bits per heavy atom. The first-order valence-electron chi connectivity index (χ1n) is 3.87. The van der Waals surface area contributed by atoms with E-state index in [0.29, 0.717) is 5.41 Å². The van der Waals surface area contributed by atoms with Gasteiger partial charge in [0.2, 0.25) is 0 Å². The Hall–Kier alpha value is -0.0800. The fourth-order valence-electron chi connectivity index (χ4n) is 2.02. The van der Waals surface area contributed by atoms with Gasteiger partial charge < -0.3 is 0 Å². The van der Waals surface area contributed by atoms with E-state index in [1.165, 1.54) is 13.1 Å². The lowest BCUT2D eigenvalue weighted by Crippen LogP contribution is -2.50. The zero-order chi connectivity index (χ0) is 7.78. The molecule has 0 aliphatic carbocycles. The second-order valence-corrected chi connectivity index (χ2v) is 4.33. The maximum absolute atomic E-state index is 2.36. The van der Waals surface area contributed by atoms with Crippen molar-refractivity contribution in [3.05, 3.63) is 0 Å². The second kappa shape index (κ2) is 2.51. The van der Waals surface area contributed by atoms with Crippen molar-refractivity contribution in [2.24, 2.45) is 5.41 Å². The van der Waals surface area contributed by atoms with Gasteiger partial charge in [0.25, 0.3) is 0 Å². The Labute approximate surface area is 63.8 Å². The molecular weight excluding hydrogens is 124 g/mol. The molecule has 1 heterocycles. The van der Waals surface area contributed by atoms with E-state index in [0.717, 1.165) is 6.67 Å². The topological polar surface area (TPSA) is 6.48 Å². The van der Waals surface area contributed by atoms with E-state index in [1.807, 2.05) is 0 Å². The Balaban J connectivity index is 2.51. The SMILES string of the molecule is CN1CN(C)CC(C)(C)C1. The molecule has 0 aromatic heterocycles. The van der Waals surface area contributed by atoms with Gasteiger partial charge >= 0.3 is 0 Å². The van der Waals surface area contributed by atoms with Crippen LogP contribution in [0.4, 0.5) is 0 Å². The summed E-state index contributed by atoms with van der Waals surface area (Å²) >= 11 is 0. The highest BCUT2D eigenvalue weighted by Gasteiger charge is 2.26. The number of rotatable bonds is 0. The van der Waals surface area contributed by atoms with Crippen LogP contribution < -0.4 is 0 Å². The van der Waals surface area contributed by atoms with Crippen LogP contribution in [0.15, 0.2) is 0 Å². The van der Waals surface area contributed by atoms with Crippen LogP contribution in [0.1, 0.15) is 13.8 Å². The van der Waals surface area contributed by atoms with Crippen molar-refractivity contribution in [2.75, 3.05) is 33.9 Å². The average molecular weight is 142 g/mol. The lowest BCUT2D eigenvalue weighted by molar-refractivity contribution is 0.0424. The van der Waals surface area contributed by atoms with Crippen molar-refractivity contribution < 1.29 is 0 Å². The summed E-state index contributed by atoms with van der Waals surface area (Å²) in [4.78, 5) is 4.73. The first kappa shape index (κ1) is 8.02. The van der Waals surface area contributed by atoms with Crippen LogP contribution in [-0.4, -0.2) is 43.7 Å². The Morgan fingerprint density at radius 2 is 1.40 bits per heavy atom. The van der Waals surface area contributed by atoms with Crippen LogP contribution in [0, 0.1) is 5.41 Å². The van der Waals surface area contributed by atoms with E-state index in [1.54, 1.807) is 0 Å². The fraction of sp³-hybridized carbons (Fsp3) is 1.00.